The first kappa shape index (κ1) is 16.4. The molecule has 0 radical (unpaired) electrons. The van der Waals surface area contributed by atoms with Crippen LogP contribution in [0, 0.1) is 0 Å². The summed E-state index contributed by atoms with van der Waals surface area (Å²) in [6.45, 7) is 4.54. The number of aromatic nitrogens is 2. The SMILES string of the molecule is O=C(CN1CCN(c2ncccn2)CC1)NCCc1ccccc1. The summed E-state index contributed by atoms with van der Waals surface area (Å²) < 4.78 is 0. The van der Waals surface area contributed by atoms with Crippen LogP contribution in [0.5, 0.6) is 0 Å². The Labute approximate surface area is 142 Å². The first-order valence-electron chi connectivity index (χ1n) is 8.36. The molecule has 6 heteroatoms. The summed E-state index contributed by atoms with van der Waals surface area (Å²) in [7, 11) is 0. The maximum absolute atomic E-state index is 12.1. The molecule has 1 aromatic carbocycles. The third-order valence-electron chi connectivity index (χ3n) is 4.15. The molecule has 1 fully saturated rings. The topological polar surface area (TPSA) is 61.4 Å². The van der Waals surface area contributed by atoms with E-state index < -0.39 is 0 Å². The van der Waals surface area contributed by atoms with Gasteiger partial charge in [-0.2, -0.15) is 0 Å². The predicted molar refractivity (Wildman–Crippen MR) is 93.8 cm³/mol. The lowest BCUT2D eigenvalue weighted by Gasteiger charge is -2.34. The van der Waals surface area contributed by atoms with E-state index in [0.29, 0.717) is 13.1 Å². The van der Waals surface area contributed by atoms with Crippen molar-refractivity contribution in [2.24, 2.45) is 0 Å². The Hall–Kier alpha value is -2.47. The maximum Gasteiger partial charge on any atom is 0.234 e. The molecule has 0 atom stereocenters. The Morgan fingerprint density at radius 2 is 1.71 bits per heavy atom. The highest BCUT2D eigenvalue weighted by atomic mass is 16.2. The summed E-state index contributed by atoms with van der Waals surface area (Å²) in [6, 6.07) is 12.0. The van der Waals surface area contributed by atoms with E-state index in [0.717, 1.165) is 38.5 Å². The minimum atomic E-state index is 0.0929. The van der Waals surface area contributed by atoms with E-state index in [-0.39, 0.29) is 5.91 Å². The van der Waals surface area contributed by atoms with Crippen LogP contribution < -0.4 is 10.2 Å². The zero-order chi connectivity index (χ0) is 16.6. The quantitative estimate of drug-likeness (QED) is 0.857. The number of piperazine rings is 1. The third kappa shape index (κ3) is 4.76. The highest BCUT2D eigenvalue weighted by Gasteiger charge is 2.20. The fourth-order valence-electron chi connectivity index (χ4n) is 2.81. The van der Waals surface area contributed by atoms with E-state index >= 15 is 0 Å². The number of carbonyl (C=O) groups excluding carboxylic acids is 1. The van der Waals surface area contributed by atoms with E-state index in [2.05, 4.69) is 37.2 Å². The monoisotopic (exact) mass is 325 g/mol. The second-order valence-corrected chi connectivity index (χ2v) is 5.90. The molecule has 2 heterocycles. The van der Waals surface area contributed by atoms with Gasteiger partial charge in [0, 0.05) is 45.1 Å². The second kappa shape index (κ2) is 8.40. The van der Waals surface area contributed by atoms with Gasteiger partial charge in [0.2, 0.25) is 11.9 Å². The first-order valence-corrected chi connectivity index (χ1v) is 8.36. The van der Waals surface area contributed by atoms with Gasteiger partial charge in [-0.25, -0.2) is 9.97 Å². The van der Waals surface area contributed by atoms with Crippen LogP contribution >= 0.6 is 0 Å². The van der Waals surface area contributed by atoms with Crippen molar-refractivity contribution in [1.82, 2.24) is 20.2 Å². The molecule has 0 unspecified atom stereocenters. The number of hydrogen-bond acceptors (Lipinski definition) is 5. The summed E-state index contributed by atoms with van der Waals surface area (Å²) in [5.74, 6) is 0.861. The van der Waals surface area contributed by atoms with Gasteiger partial charge in [-0.3, -0.25) is 9.69 Å². The van der Waals surface area contributed by atoms with Crippen LogP contribution in [0.2, 0.25) is 0 Å². The van der Waals surface area contributed by atoms with Crippen LogP contribution in [0.1, 0.15) is 5.56 Å². The van der Waals surface area contributed by atoms with Crippen molar-refractivity contribution in [3.63, 3.8) is 0 Å². The highest BCUT2D eigenvalue weighted by molar-refractivity contribution is 5.78. The second-order valence-electron chi connectivity index (χ2n) is 5.90. The van der Waals surface area contributed by atoms with Crippen molar-refractivity contribution in [3.05, 3.63) is 54.4 Å². The van der Waals surface area contributed by atoms with Gasteiger partial charge in [0.25, 0.3) is 0 Å². The number of anilines is 1. The first-order chi connectivity index (χ1) is 11.8. The molecule has 2 aromatic rings. The average Bonchev–Trinajstić information content (AvgIpc) is 2.64. The Morgan fingerprint density at radius 3 is 2.42 bits per heavy atom. The lowest BCUT2D eigenvalue weighted by molar-refractivity contribution is -0.122. The summed E-state index contributed by atoms with van der Waals surface area (Å²) >= 11 is 0. The van der Waals surface area contributed by atoms with Crippen LogP contribution in [0.3, 0.4) is 0 Å². The fraction of sp³-hybridized carbons (Fsp3) is 0.389. The van der Waals surface area contributed by atoms with Gasteiger partial charge in [0.15, 0.2) is 0 Å². The van der Waals surface area contributed by atoms with E-state index in [1.54, 1.807) is 12.4 Å². The van der Waals surface area contributed by atoms with Crippen LogP contribution in [0.25, 0.3) is 0 Å². The van der Waals surface area contributed by atoms with Gasteiger partial charge >= 0.3 is 0 Å². The van der Waals surface area contributed by atoms with Gasteiger partial charge in [-0.05, 0) is 18.1 Å². The van der Waals surface area contributed by atoms with Crippen LogP contribution in [-0.2, 0) is 11.2 Å². The summed E-state index contributed by atoms with van der Waals surface area (Å²) in [4.78, 5) is 24.9. The number of nitrogens with one attached hydrogen (secondary N) is 1. The van der Waals surface area contributed by atoms with Crippen LogP contribution in [0.4, 0.5) is 5.95 Å². The standard InChI is InChI=1S/C18H23N5O/c24-17(19-10-7-16-5-2-1-3-6-16)15-22-11-13-23(14-12-22)18-20-8-4-9-21-18/h1-6,8-9H,7,10-15H2,(H,19,24). The largest absolute Gasteiger partial charge is 0.355 e. The number of hydrogen-bond donors (Lipinski definition) is 1. The average molecular weight is 325 g/mol. The van der Waals surface area contributed by atoms with Crippen molar-refractivity contribution < 1.29 is 4.79 Å². The lowest BCUT2D eigenvalue weighted by atomic mass is 10.1. The van der Waals surface area contributed by atoms with E-state index in [1.807, 2.05) is 24.3 Å². The van der Waals surface area contributed by atoms with Crippen LogP contribution in [0.15, 0.2) is 48.8 Å². The number of amides is 1. The highest BCUT2D eigenvalue weighted by Crippen LogP contribution is 2.09. The molecular weight excluding hydrogens is 302 g/mol. The zero-order valence-electron chi connectivity index (χ0n) is 13.8. The van der Waals surface area contributed by atoms with Crippen LogP contribution in [-0.4, -0.2) is 60.0 Å². The molecule has 24 heavy (non-hydrogen) atoms. The molecule has 1 saturated heterocycles. The minimum Gasteiger partial charge on any atom is -0.355 e. The summed E-state index contributed by atoms with van der Waals surface area (Å²) in [5.41, 5.74) is 1.24. The molecule has 0 bridgehead atoms. The number of rotatable bonds is 6. The van der Waals surface area contributed by atoms with Gasteiger partial charge in [-0.15, -0.1) is 0 Å². The smallest absolute Gasteiger partial charge is 0.234 e. The molecule has 0 aliphatic carbocycles. The molecular formula is C18H23N5O. The Bertz CT molecular complexity index is 626. The minimum absolute atomic E-state index is 0.0929. The molecule has 1 aliphatic rings. The fourth-order valence-corrected chi connectivity index (χ4v) is 2.81. The van der Waals surface area contributed by atoms with Crippen molar-refractivity contribution >= 4 is 11.9 Å². The van der Waals surface area contributed by atoms with E-state index in [4.69, 9.17) is 0 Å². The molecule has 1 aliphatic heterocycles. The molecule has 0 spiro atoms. The van der Waals surface area contributed by atoms with Gasteiger partial charge in [0.05, 0.1) is 6.54 Å². The van der Waals surface area contributed by atoms with E-state index in [1.165, 1.54) is 5.56 Å². The molecule has 1 N–H and O–H groups in total. The molecule has 1 aromatic heterocycles. The maximum atomic E-state index is 12.1. The van der Waals surface area contributed by atoms with Crippen molar-refractivity contribution in [2.75, 3.05) is 44.2 Å². The Kier molecular flexibility index (Phi) is 5.74. The third-order valence-corrected chi connectivity index (χ3v) is 4.15. The Morgan fingerprint density at radius 1 is 1.00 bits per heavy atom. The zero-order valence-corrected chi connectivity index (χ0v) is 13.8. The molecule has 126 valence electrons. The number of carbonyl (C=O) groups is 1. The van der Waals surface area contributed by atoms with Crippen molar-refractivity contribution in [3.8, 4) is 0 Å². The van der Waals surface area contributed by atoms with Crippen molar-refractivity contribution in [1.29, 1.82) is 0 Å². The predicted octanol–water partition coefficient (Wildman–Crippen LogP) is 0.958. The summed E-state index contributed by atoms with van der Waals surface area (Å²) in [5, 5.41) is 3.00. The molecule has 1 amide bonds. The molecule has 0 saturated carbocycles. The summed E-state index contributed by atoms with van der Waals surface area (Å²) in [6.07, 6.45) is 4.38. The molecule has 3 rings (SSSR count). The number of nitrogens with zero attached hydrogens (tertiary/aromatic N) is 4. The Balaban J connectivity index is 1.36. The molecule has 6 nitrogen and oxygen atoms in total. The van der Waals surface area contributed by atoms with Crippen molar-refractivity contribution in [2.45, 2.75) is 6.42 Å². The van der Waals surface area contributed by atoms with Gasteiger partial charge in [-0.1, -0.05) is 30.3 Å². The van der Waals surface area contributed by atoms with Gasteiger partial charge < -0.3 is 10.2 Å². The van der Waals surface area contributed by atoms with E-state index in [9.17, 15) is 4.79 Å². The normalized spacial score (nSPS) is 15.2. The van der Waals surface area contributed by atoms with Gasteiger partial charge in [0.1, 0.15) is 0 Å². The number of benzene rings is 1. The lowest BCUT2D eigenvalue weighted by Crippen LogP contribution is -2.50.